The van der Waals surface area contributed by atoms with E-state index in [4.69, 9.17) is 0 Å². The van der Waals surface area contributed by atoms with Crippen LogP contribution in [-0.4, -0.2) is 19.6 Å². The van der Waals surface area contributed by atoms with Gasteiger partial charge in [0.05, 0.1) is 0 Å². The first-order valence-electron chi connectivity index (χ1n) is 6.98. The van der Waals surface area contributed by atoms with E-state index >= 15 is 0 Å². The van der Waals surface area contributed by atoms with Crippen LogP contribution in [0.1, 0.15) is 32.3 Å². The maximum absolute atomic E-state index is 3.69. The lowest BCUT2D eigenvalue weighted by Crippen LogP contribution is -2.25. The van der Waals surface area contributed by atoms with Crippen LogP contribution in [-0.2, 0) is 6.54 Å². The van der Waals surface area contributed by atoms with E-state index in [-0.39, 0.29) is 0 Å². The van der Waals surface area contributed by atoms with Gasteiger partial charge in [-0.25, -0.2) is 0 Å². The van der Waals surface area contributed by atoms with Crippen LogP contribution in [0.2, 0.25) is 0 Å². The predicted octanol–water partition coefficient (Wildman–Crippen LogP) is 3.79. The van der Waals surface area contributed by atoms with E-state index in [0.717, 1.165) is 25.6 Å². The van der Waals surface area contributed by atoms with Gasteiger partial charge in [0.15, 0.2) is 0 Å². The third-order valence-electron chi connectivity index (χ3n) is 3.52. The van der Waals surface area contributed by atoms with Gasteiger partial charge in [0.2, 0.25) is 0 Å². The Morgan fingerprint density at radius 2 is 2.11 bits per heavy atom. The largest absolute Gasteiger partial charge is 0.372 e. The van der Waals surface area contributed by atoms with E-state index in [9.17, 15) is 0 Å². The molecule has 18 heavy (non-hydrogen) atoms. The lowest BCUT2D eigenvalue weighted by molar-refractivity contribution is 0.722. The van der Waals surface area contributed by atoms with Gasteiger partial charge in [0.1, 0.15) is 0 Å². The summed E-state index contributed by atoms with van der Waals surface area (Å²) in [6.45, 7) is 8.63. The van der Waals surface area contributed by atoms with E-state index in [2.05, 4.69) is 58.2 Å². The van der Waals surface area contributed by atoms with Gasteiger partial charge in [-0.2, -0.15) is 0 Å². The van der Waals surface area contributed by atoms with Crippen LogP contribution in [0.5, 0.6) is 0 Å². The second-order valence-corrected chi connectivity index (χ2v) is 5.89. The number of rotatable bonds is 7. The van der Waals surface area contributed by atoms with Crippen LogP contribution in [0.4, 0.5) is 5.69 Å². The molecule has 2 nitrogen and oxygen atoms in total. The third kappa shape index (κ3) is 3.72. The zero-order valence-corrected chi connectivity index (χ0v) is 13.0. The van der Waals surface area contributed by atoms with Crippen LogP contribution in [0.15, 0.2) is 22.7 Å². The van der Waals surface area contributed by atoms with Gasteiger partial charge in [0.25, 0.3) is 0 Å². The quantitative estimate of drug-likeness (QED) is 0.824. The molecule has 0 aromatic heterocycles. The van der Waals surface area contributed by atoms with Crippen LogP contribution in [0.25, 0.3) is 0 Å². The fourth-order valence-electron chi connectivity index (χ4n) is 2.17. The Labute approximate surface area is 119 Å². The molecule has 0 aliphatic heterocycles. The topological polar surface area (TPSA) is 15.3 Å². The van der Waals surface area contributed by atoms with E-state index in [1.54, 1.807) is 0 Å². The smallest absolute Gasteiger partial charge is 0.0377 e. The molecule has 3 heteroatoms. The molecule has 1 N–H and O–H groups in total. The molecule has 0 unspecified atom stereocenters. The Bertz CT molecular complexity index is 388. The molecular formula is C15H23BrN2. The SMILES string of the molecule is CCNCc1ccc(N(CC)CC2CC2)cc1Br. The normalized spacial score (nSPS) is 14.8. The van der Waals surface area contributed by atoms with Crippen molar-refractivity contribution < 1.29 is 0 Å². The Balaban J connectivity index is 2.05. The van der Waals surface area contributed by atoms with Gasteiger partial charge in [0, 0.05) is 29.8 Å². The Hall–Kier alpha value is -0.540. The lowest BCUT2D eigenvalue weighted by atomic mass is 10.2. The summed E-state index contributed by atoms with van der Waals surface area (Å²) in [6.07, 6.45) is 2.83. The zero-order chi connectivity index (χ0) is 13.0. The summed E-state index contributed by atoms with van der Waals surface area (Å²) in [7, 11) is 0. The maximum Gasteiger partial charge on any atom is 0.0377 e. The number of halogens is 1. The predicted molar refractivity (Wildman–Crippen MR) is 82.1 cm³/mol. The van der Waals surface area contributed by atoms with Crippen LogP contribution in [0.3, 0.4) is 0 Å². The van der Waals surface area contributed by atoms with E-state index in [1.807, 2.05) is 0 Å². The molecule has 1 saturated carbocycles. The average molecular weight is 311 g/mol. The molecule has 0 radical (unpaired) electrons. The van der Waals surface area contributed by atoms with Crippen molar-refractivity contribution in [2.75, 3.05) is 24.5 Å². The molecule has 1 aliphatic rings. The third-order valence-corrected chi connectivity index (χ3v) is 4.26. The number of anilines is 1. The average Bonchev–Trinajstić information content (AvgIpc) is 3.18. The summed E-state index contributed by atoms with van der Waals surface area (Å²) in [6, 6.07) is 6.75. The number of hydrogen-bond donors (Lipinski definition) is 1. The minimum Gasteiger partial charge on any atom is -0.372 e. The summed E-state index contributed by atoms with van der Waals surface area (Å²) in [5.41, 5.74) is 2.68. The highest BCUT2D eigenvalue weighted by Gasteiger charge is 2.24. The maximum atomic E-state index is 3.69. The first-order chi connectivity index (χ1) is 8.74. The summed E-state index contributed by atoms with van der Waals surface area (Å²) >= 11 is 3.69. The molecule has 1 fully saturated rings. The molecular weight excluding hydrogens is 288 g/mol. The highest BCUT2D eigenvalue weighted by atomic mass is 79.9. The molecule has 100 valence electrons. The van der Waals surface area contributed by atoms with Gasteiger partial charge in [-0.1, -0.05) is 28.9 Å². The highest BCUT2D eigenvalue weighted by Crippen LogP contribution is 2.32. The second-order valence-electron chi connectivity index (χ2n) is 5.04. The summed E-state index contributed by atoms with van der Waals surface area (Å²) in [5, 5.41) is 3.37. The molecule has 1 aromatic carbocycles. The van der Waals surface area contributed by atoms with Crippen molar-refractivity contribution >= 4 is 21.6 Å². The van der Waals surface area contributed by atoms with Gasteiger partial charge in [-0.15, -0.1) is 0 Å². The van der Waals surface area contributed by atoms with Crippen LogP contribution >= 0.6 is 15.9 Å². The standard InChI is InChI=1S/C15H23BrN2/c1-3-17-10-13-7-8-14(9-15(13)16)18(4-2)11-12-5-6-12/h7-9,12,17H,3-6,10-11H2,1-2H3. The minimum atomic E-state index is 0.935. The van der Waals surface area contributed by atoms with E-state index < -0.39 is 0 Å². The van der Waals surface area contributed by atoms with Crippen molar-refractivity contribution in [3.05, 3.63) is 28.2 Å². The Morgan fingerprint density at radius 1 is 1.33 bits per heavy atom. The molecule has 0 amide bonds. The van der Waals surface area contributed by atoms with Crippen molar-refractivity contribution in [2.24, 2.45) is 5.92 Å². The molecule has 2 rings (SSSR count). The molecule has 0 atom stereocenters. The Kier molecular flexibility index (Phi) is 5.07. The fraction of sp³-hybridized carbons (Fsp3) is 0.600. The Morgan fingerprint density at radius 3 is 2.67 bits per heavy atom. The number of benzene rings is 1. The number of hydrogen-bond acceptors (Lipinski definition) is 2. The molecule has 0 bridgehead atoms. The number of nitrogens with one attached hydrogen (secondary N) is 1. The lowest BCUT2D eigenvalue weighted by Gasteiger charge is -2.23. The van der Waals surface area contributed by atoms with Crippen LogP contribution < -0.4 is 10.2 Å². The number of nitrogens with zero attached hydrogens (tertiary/aromatic N) is 1. The minimum absolute atomic E-state index is 0.935. The second kappa shape index (κ2) is 6.58. The van der Waals surface area contributed by atoms with Crippen molar-refractivity contribution in [3.63, 3.8) is 0 Å². The van der Waals surface area contributed by atoms with Crippen molar-refractivity contribution in [2.45, 2.75) is 33.2 Å². The summed E-state index contributed by atoms with van der Waals surface area (Å²) in [5.74, 6) is 0.935. The molecule has 0 saturated heterocycles. The molecule has 1 aliphatic carbocycles. The summed E-state index contributed by atoms with van der Waals surface area (Å²) in [4.78, 5) is 2.49. The van der Waals surface area contributed by atoms with Crippen LogP contribution in [0, 0.1) is 5.92 Å². The van der Waals surface area contributed by atoms with E-state index in [0.29, 0.717) is 0 Å². The highest BCUT2D eigenvalue weighted by molar-refractivity contribution is 9.10. The monoisotopic (exact) mass is 310 g/mol. The van der Waals surface area contributed by atoms with Gasteiger partial charge in [-0.3, -0.25) is 0 Å². The van der Waals surface area contributed by atoms with Crippen molar-refractivity contribution in [1.29, 1.82) is 0 Å². The first kappa shape index (κ1) is 13.9. The molecule has 0 heterocycles. The van der Waals surface area contributed by atoms with Gasteiger partial charge < -0.3 is 10.2 Å². The van der Waals surface area contributed by atoms with Gasteiger partial charge >= 0.3 is 0 Å². The van der Waals surface area contributed by atoms with Crippen molar-refractivity contribution in [3.8, 4) is 0 Å². The zero-order valence-electron chi connectivity index (χ0n) is 11.4. The van der Waals surface area contributed by atoms with Crippen molar-refractivity contribution in [1.82, 2.24) is 5.32 Å². The molecule has 1 aromatic rings. The summed E-state index contributed by atoms with van der Waals surface area (Å²) < 4.78 is 1.22. The van der Waals surface area contributed by atoms with Gasteiger partial charge in [-0.05, 0) is 49.9 Å². The fourth-order valence-corrected chi connectivity index (χ4v) is 2.67. The van der Waals surface area contributed by atoms with E-state index in [1.165, 1.54) is 35.1 Å². The molecule has 0 spiro atoms. The first-order valence-corrected chi connectivity index (χ1v) is 7.78.